The van der Waals surface area contributed by atoms with Crippen LogP contribution < -0.4 is 0 Å². The van der Waals surface area contributed by atoms with Crippen LogP contribution in [0.15, 0.2) is 70.9 Å². The van der Waals surface area contributed by atoms with E-state index < -0.39 is 0 Å². The number of halogens is 2. The minimum Gasteiger partial charge on any atom is -0.206 e. The van der Waals surface area contributed by atoms with Gasteiger partial charge in [0.1, 0.15) is 5.82 Å². The molecule has 2 nitrogen and oxygen atoms in total. The second kappa shape index (κ2) is 11.0. The predicted molar refractivity (Wildman–Crippen MR) is 130 cm³/mol. The maximum absolute atomic E-state index is 14.5. The minimum atomic E-state index is -0.246. The fourth-order valence-corrected chi connectivity index (χ4v) is 3.73. The van der Waals surface area contributed by atoms with Crippen LogP contribution in [0.1, 0.15) is 48.4 Å². The highest BCUT2D eigenvalue weighted by Gasteiger charge is 2.07. The molecule has 0 N–H and O–H groups in total. The Morgan fingerprint density at radius 1 is 0.867 bits per heavy atom. The van der Waals surface area contributed by atoms with E-state index in [0.29, 0.717) is 5.56 Å². The molecule has 3 aromatic rings. The van der Waals surface area contributed by atoms with Crippen molar-refractivity contribution in [3.8, 4) is 11.8 Å². The molecule has 0 fully saturated rings. The van der Waals surface area contributed by atoms with Crippen LogP contribution in [0.25, 0.3) is 0 Å². The van der Waals surface area contributed by atoms with Crippen LogP contribution in [0, 0.1) is 28.2 Å². The Labute approximate surface area is 191 Å². The summed E-state index contributed by atoms with van der Waals surface area (Å²) in [6.07, 6.45) is 4.33. The number of benzene rings is 3. The van der Waals surface area contributed by atoms with Gasteiger partial charge in [-0.05, 0) is 96.5 Å². The molecule has 3 rings (SSSR count). The van der Waals surface area contributed by atoms with Crippen LogP contribution in [0.4, 0.5) is 15.8 Å². The lowest BCUT2D eigenvalue weighted by Crippen LogP contribution is -1.94. The van der Waals surface area contributed by atoms with Crippen molar-refractivity contribution in [3.63, 3.8) is 0 Å². The van der Waals surface area contributed by atoms with Crippen molar-refractivity contribution in [1.29, 1.82) is 0 Å². The monoisotopic (exact) mass is 510 g/mol. The standard InChI is InChI=1S/C26H24FIN2/c1-3-4-5-6-21-17-25(27)24(26(28)18-21)16-11-20-9-14-23(15-10-20)30-29-22-12-7-19(2)8-13-22/h7-10,12-15,17-18H,3-6H2,1-2H3. The van der Waals surface area contributed by atoms with Gasteiger partial charge < -0.3 is 0 Å². The molecular weight excluding hydrogens is 486 g/mol. The maximum atomic E-state index is 14.5. The fourth-order valence-electron chi connectivity index (χ4n) is 2.94. The summed E-state index contributed by atoms with van der Waals surface area (Å²) in [7, 11) is 0. The van der Waals surface area contributed by atoms with Crippen LogP contribution in [0.3, 0.4) is 0 Å². The third-order valence-electron chi connectivity index (χ3n) is 4.68. The molecule has 0 unspecified atom stereocenters. The van der Waals surface area contributed by atoms with Gasteiger partial charge in [0.25, 0.3) is 0 Å². The lowest BCUT2D eigenvalue weighted by Gasteiger charge is -2.05. The zero-order valence-electron chi connectivity index (χ0n) is 17.3. The Morgan fingerprint density at radius 2 is 1.50 bits per heavy atom. The highest BCUT2D eigenvalue weighted by molar-refractivity contribution is 14.1. The van der Waals surface area contributed by atoms with E-state index in [1.54, 1.807) is 6.07 Å². The van der Waals surface area contributed by atoms with E-state index in [1.165, 1.54) is 12.0 Å². The minimum absolute atomic E-state index is 0.246. The second-order valence-corrected chi connectivity index (χ2v) is 8.39. The number of rotatable bonds is 6. The van der Waals surface area contributed by atoms with E-state index >= 15 is 0 Å². The summed E-state index contributed by atoms with van der Waals surface area (Å²) >= 11 is 2.17. The third-order valence-corrected chi connectivity index (χ3v) is 5.54. The van der Waals surface area contributed by atoms with Gasteiger partial charge in [-0.25, -0.2) is 4.39 Å². The first-order chi connectivity index (χ1) is 14.5. The van der Waals surface area contributed by atoms with Crippen molar-refractivity contribution in [2.45, 2.75) is 39.5 Å². The molecule has 0 aromatic heterocycles. The largest absolute Gasteiger partial charge is 0.206 e. The van der Waals surface area contributed by atoms with Gasteiger partial charge in [-0.15, -0.1) is 0 Å². The summed E-state index contributed by atoms with van der Waals surface area (Å²) in [5.74, 6) is 5.80. The molecule has 0 heterocycles. The second-order valence-electron chi connectivity index (χ2n) is 7.22. The Hall–Kier alpha value is -2.52. The lowest BCUT2D eigenvalue weighted by atomic mass is 10.0. The summed E-state index contributed by atoms with van der Waals surface area (Å²) in [6, 6.07) is 19.0. The van der Waals surface area contributed by atoms with Crippen LogP contribution in [0.2, 0.25) is 0 Å². The maximum Gasteiger partial charge on any atom is 0.140 e. The number of hydrogen-bond donors (Lipinski definition) is 0. The van der Waals surface area contributed by atoms with Crippen LogP contribution in [-0.2, 0) is 6.42 Å². The van der Waals surface area contributed by atoms with E-state index in [-0.39, 0.29) is 5.82 Å². The highest BCUT2D eigenvalue weighted by atomic mass is 127. The lowest BCUT2D eigenvalue weighted by molar-refractivity contribution is 0.618. The Morgan fingerprint density at radius 3 is 2.10 bits per heavy atom. The van der Waals surface area contributed by atoms with E-state index in [9.17, 15) is 4.39 Å². The molecular formula is C26H24FIN2. The number of hydrogen-bond acceptors (Lipinski definition) is 2. The molecule has 0 aliphatic rings. The van der Waals surface area contributed by atoms with Crippen molar-refractivity contribution in [2.24, 2.45) is 10.2 Å². The quantitative estimate of drug-likeness (QED) is 0.138. The van der Waals surface area contributed by atoms with Gasteiger partial charge in [0.15, 0.2) is 0 Å². The van der Waals surface area contributed by atoms with Gasteiger partial charge in [0.2, 0.25) is 0 Å². The average Bonchev–Trinajstić information content (AvgIpc) is 2.74. The normalized spacial score (nSPS) is 10.8. The molecule has 0 atom stereocenters. The Kier molecular flexibility index (Phi) is 8.15. The molecule has 0 amide bonds. The molecule has 3 aromatic carbocycles. The van der Waals surface area contributed by atoms with Crippen LogP contribution in [0.5, 0.6) is 0 Å². The smallest absolute Gasteiger partial charge is 0.140 e. The number of nitrogens with zero attached hydrogens (tertiary/aromatic N) is 2. The molecule has 0 saturated carbocycles. The van der Waals surface area contributed by atoms with E-state index in [4.69, 9.17) is 0 Å². The first-order valence-corrected chi connectivity index (χ1v) is 11.2. The van der Waals surface area contributed by atoms with Gasteiger partial charge >= 0.3 is 0 Å². The highest BCUT2D eigenvalue weighted by Crippen LogP contribution is 2.21. The van der Waals surface area contributed by atoms with Crippen molar-refractivity contribution in [2.75, 3.05) is 0 Å². The fraction of sp³-hybridized carbons (Fsp3) is 0.231. The molecule has 152 valence electrons. The number of unbranched alkanes of at least 4 members (excludes halogenated alkanes) is 2. The molecule has 0 aliphatic heterocycles. The van der Waals surface area contributed by atoms with Crippen molar-refractivity contribution < 1.29 is 4.39 Å². The zero-order valence-corrected chi connectivity index (χ0v) is 19.4. The summed E-state index contributed by atoms with van der Waals surface area (Å²) in [6.45, 7) is 4.21. The molecule has 0 radical (unpaired) electrons. The summed E-state index contributed by atoms with van der Waals surface area (Å²) < 4.78 is 15.4. The topological polar surface area (TPSA) is 24.7 Å². The molecule has 4 heteroatoms. The SMILES string of the molecule is CCCCCc1cc(F)c(C#Cc2ccc(N=Nc3ccc(C)cc3)cc2)c(I)c1. The van der Waals surface area contributed by atoms with E-state index in [2.05, 4.69) is 51.6 Å². The number of azo groups is 1. The van der Waals surface area contributed by atoms with Gasteiger partial charge in [0.05, 0.1) is 16.9 Å². The van der Waals surface area contributed by atoms with Gasteiger partial charge in [-0.2, -0.15) is 10.2 Å². The van der Waals surface area contributed by atoms with Gasteiger partial charge in [-0.3, -0.25) is 0 Å². The predicted octanol–water partition coefficient (Wildman–Crippen LogP) is 8.29. The van der Waals surface area contributed by atoms with Gasteiger partial charge in [-0.1, -0.05) is 49.3 Å². The van der Waals surface area contributed by atoms with Crippen molar-refractivity contribution >= 4 is 34.0 Å². The average molecular weight is 510 g/mol. The first-order valence-electron chi connectivity index (χ1n) is 10.1. The van der Waals surface area contributed by atoms with E-state index in [1.807, 2.05) is 61.5 Å². The summed E-state index contributed by atoms with van der Waals surface area (Å²) in [5, 5.41) is 8.49. The molecule has 0 saturated heterocycles. The number of aryl methyl sites for hydroxylation is 2. The third kappa shape index (κ3) is 6.50. The molecule has 0 spiro atoms. The van der Waals surface area contributed by atoms with Crippen LogP contribution >= 0.6 is 22.6 Å². The van der Waals surface area contributed by atoms with Crippen LogP contribution in [-0.4, -0.2) is 0 Å². The Balaban J connectivity index is 1.69. The van der Waals surface area contributed by atoms with Gasteiger partial charge in [0, 0.05) is 9.13 Å². The van der Waals surface area contributed by atoms with Crippen molar-refractivity contribution in [3.05, 3.63) is 92.3 Å². The van der Waals surface area contributed by atoms with Crippen molar-refractivity contribution in [1.82, 2.24) is 0 Å². The zero-order chi connectivity index (χ0) is 21.3. The summed E-state index contributed by atoms with van der Waals surface area (Å²) in [5.41, 5.74) is 5.06. The Bertz CT molecular complexity index is 1050. The van der Waals surface area contributed by atoms with E-state index in [0.717, 1.165) is 45.3 Å². The molecule has 30 heavy (non-hydrogen) atoms. The first kappa shape index (κ1) is 22.2. The molecule has 0 bridgehead atoms. The summed E-state index contributed by atoms with van der Waals surface area (Å²) in [4.78, 5) is 0. The molecule has 0 aliphatic carbocycles.